The van der Waals surface area contributed by atoms with Crippen molar-refractivity contribution in [3.05, 3.63) is 0 Å². The molecule has 0 spiro atoms. The van der Waals surface area contributed by atoms with E-state index in [-0.39, 0.29) is 0 Å². The molecule has 1 amide bonds. The van der Waals surface area contributed by atoms with Crippen LogP contribution in [0, 0.1) is 0 Å². The largest absolute Gasteiger partial charge is 0.343 e. The van der Waals surface area contributed by atoms with Gasteiger partial charge in [0.05, 0.1) is 0 Å². The lowest BCUT2D eigenvalue weighted by molar-refractivity contribution is -0.132. The van der Waals surface area contributed by atoms with E-state index in [0.717, 1.165) is 32.5 Å². The molecule has 0 bridgehead atoms. The number of rotatable bonds is 5. The number of carbonyl (C=O) groups excluding carboxylic acids is 1. The third-order valence-electron chi connectivity index (χ3n) is 3.90. The van der Waals surface area contributed by atoms with E-state index in [0.29, 0.717) is 24.4 Å². The molecule has 2 fully saturated rings. The summed E-state index contributed by atoms with van der Waals surface area (Å²) in [4.78, 5) is 16.3. The molecule has 0 atom stereocenters. The van der Waals surface area contributed by atoms with Crippen LogP contribution in [0.15, 0.2) is 0 Å². The van der Waals surface area contributed by atoms with E-state index >= 15 is 0 Å². The normalized spacial score (nSPS) is 22.2. The van der Waals surface area contributed by atoms with Crippen LogP contribution in [-0.2, 0) is 4.79 Å². The maximum Gasteiger partial charge on any atom is 0.223 e. The highest BCUT2D eigenvalue weighted by Gasteiger charge is 2.24. The Morgan fingerprint density at radius 1 is 1.24 bits per heavy atom. The fourth-order valence-corrected chi connectivity index (χ4v) is 2.46. The molecule has 98 valence electrons. The van der Waals surface area contributed by atoms with Crippen LogP contribution in [0.3, 0.4) is 0 Å². The molecule has 1 heterocycles. The highest BCUT2D eigenvalue weighted by Crippen LogP contribution is 2.18. The number of hydrogen-bond acceptors (Lipinski definition) is 3. The minimum Gasteiger partial charge on any atom is -0.343 e. The Morgan fingerprint density at radius 2 is 1.88 bits per heavy atom. The predicted octanol–water partition coefficient (Wildman–Crippen LogP) is 0.681. The number of nitrogens with zero attached hydrogens (tertiary/aromatic N) is 2. The van der Waals surface area contributed by atoms with Gasteiger partial charge in [0.1, 0.15) is 0 Å². The summed E-state index contributed by atoms with van der Waals surface area (Å²) in [5, 5.41) is 3.40. The number of likely N-dealkylation sites (tertiary alicyclic amines) is 1. The monoisotopic (exact) mass is 239 g/mol. The zero-order valence-corrected chi connectivity index (χ0v) is 11.1. The Labute approximate surface area is 104 Å². The Morgan fingerprint density at radius 3 is 2.41 bits per heavy atom. The standard InChI is InChI=1S/C13H25N3O/c1-15(2)12-6-9-16(10-7-12)13(17)5-8-14-11-3-4-11/h11-12,14H,3-10H2,1-2H3. The van der Waals surface area contributed by atoms with E-state index in [2.05, 4.69) is 24.3 Å². The van der Waals surface area contributed by atoms with Gasteiger partial charge in [0, 0.05) is 38.1 Å². The lowest BCUT2D eigenvalue weighted by Crippen LogP contribution is -2.45. The minimum absolute atomic E-state index is 0.329. The van der Waals surface area contributed by atoms with Gasteiger partial charge in [-0.1, -0.05) is 0 Å². The molecule has 2 rings (SSSR count). The van der Waals surface area contributed by atoms with Crippen LogP contribution in [0.4, 0.5) is 0 Å². The van der Waals surface area contributed by atoms with Gasteiger partial charge < -0.3 is 15.1 Å². The van der Waals surface area contributed by atoms with Gasteiger partial charge in [-0.25, -0.2) is 0 Å². The summed E-state index contributed by atoms with van der Waals surface area (Å²) < 4.78 is 0. The summed E-state index contributed by atoms with van der Waals surface area (Å²) in [5.41, 5.74) is 0. The lowest BCUT2D eigenvalue weighted by Gasteiger charge is -2.35. The molecule has 0 radical (unpaired) electrons. The SMILES string of the molecule is CN(C)C1CCN(C(=O)CCNC2CC2)CC1. The number of nitrogens with one attached hydrogen (secondary N) is 1. The first-order valence-corrected chi connectivity index (χ1v) is 6.84. The molecule has 0 aromatic heterocycles. The highest BCUT2D eigenvalue weighted by molar-refractivity contribution is 5.76. The number of hydrogen-bond donors (Lipinski definition) is 1. The van der Waals surface area contributed by atoms with E-state index < -0.39 is 0 Å². The van der Waals surface area contributed by atoms with Crippen LogP contribution in [0.25, 0.3) is 0 Å². The Balaban J connectivity index is 1.62. The number of amides is 1. The molecular formula is C13H25N3O. The summed E-state index contributed by atoms with van der Waals surface area (Å²) in [6.45, 7) is 2.73. The van der Waals surface area contributed by atoms with E-state index in [1.165, 1.54) is 12.8 Å². The van der Waals surface area contributed by atoms with E-state index in [1.807, 2.05) is 4.90 Å². The molecule has 1 aliphatic heterocycles. The fourth-order valence-electron chi connectivity index (χ4n) is 2.46. The first-order chi connectivity index (χ1) is 8.16. The molecule has 1 saturated heterocycles. The van der Waals surface area contributed by atoms with Crippen LogP contribution < -0.4 is 5.32 Å². The molecule has 4 heteroatoms. The maximum absolute atomic E-state index is 11.9. The molecule has 1 aliphatic carbocycles. The molecule has 0 aromatic rings. The first-order valence-electron chi connectivity index (χ1n) is 6.84. The van der Waals surface area contributed by atoms with Crippen molar-refractivity contribution in [1.29, 1.82) is 0 Å². The molecule has 0 unspecified atom stereocenters. The zero-order chi connectivity index (χ0) is 12.3. The second-order valence-electron chi connectivity index (χ2n) is 5.55. The average Bonchev–Trinajstić information content (AvgIpc) is 3.13. The predicted molar refractivity (Wildman–Crippen MR) is 68.9 cm³/mol. The third-order valence-corrected chi connectivity index (χ3v) is 3.90. The van der Waals surface area contributed by atoms with Crippen molar-refractivity contribution in [2.24, 2.45) is 0 Å². The van der Waals surface area contributed by atoms with Crippen molar-refractivity contribution in [2.75, 3.05) is 33.7 Å². The van der Waals surface area contributed by atoms with E-state index in [1.54, 1.807) is 0 Å². The van der Waals surface area contributed by atoms with Gasteiger partial charge in [-0.05, 0) is 39.8 Å². The molecular weight excluding hydrogens is 214 g/mol. The van der Waals surface area contributed by atoms with Gasteiger partial charge in [0.2, 0.25) is 5.91 Å². The van der Waals surface area contributed by atoms with Gasteiger partial charge >= 0.3 is 0 Å². The maximum atomic E-state index is 11.9. The Hall–Kier alpha value is -0.610. The second-order valence-corrected chi connectivity index (χ2v) is 5.55. The van der Waals surface area contributed by atoms with Crippen molar-refractivity contribution < 1.29 is 4.79 Å². The van der Waals surface area contributed by atoms with Crippen molar-refractivity contribution in [3.8, 4) is 0 Å². The second kappa shape index (κ2) is 5.83. The molecule has 0 aromatic carbocycles. The van der Waals surface area contributed by atoms with Crippen molar-refractivity contribution in [1.82, 2.24) is 15.1 Å². The zero-order valence-electron chi connectivity index (χ0n) is 11.1. The van der Waals surface area contributed by atoms with Crippen LogP contribution in [-0.4, -0.2) is 61.5 Å². The number of piperidine rings is 1. The number of carbonyl (C=O) groups is 1. The van der Waals surface area contributed by atoms with Crippen molar-refractivity contribution in [3.63, 3.8) is 0 Å². The lowest BCUT2D eigenvalue weighted by atomic mass is 10.0. The van der Waals surface area contributed by atoms with Gasteiger partial charge in [0.25, 0.3) is 0 Å². The van der Waals surface area contributed by atoms with E-state index in [4.69, 9.17) is 0 Å². The van der Waals surface area contributed by atoms with Crippen LogP contribution in [0.5, 0.6) is 0 Å². The van der Waals surface area contributed by atoms with Gasteiger partial charge in [-0.3, -0.25) is 4.79 Å². The summed E-state index contributed by atoms with van der Waals surface area (Å²) >= 11 is 0. The van der Waals surface area contributed by atoms with Gasteiger partial charge in [-0.15, -0.1) is 0 Å². The van der Waals surface area contributed by atoms with Gasteiger partial charge in [0.15, 0.2) is 0 Å². The quantitative estimate of drug-likeness (QED) is 0.766. The summed E-state index contributed by atoms with van der Waals surface area (Å²) in [5.74, 6) is 0.329. The molecule has 17 heavy (non-hydrogen) atoms. The first kappa shape index (κ1) is 12.8. The molecule has 2 aliphatic rings. The smallest absolute Gasteiger partial charge is 0.223 e. The molecule has 1 N–H and O–H groups in total. The average molecular weight is 239 g/mol. The van der Waals surface area contributed by atoms with Crippen LogP contribution >= 0.6 is 0 Å². The van der Waals surface area contributed by atoms with Gasteiger partial charge in [-0.2, -0.15) is 0 Å². The minimum atomic E-state index is 0.329. The van der Waals surface area contributed by atoms with Crippen molar-refractivity contribution in [2.45, 2.75) is 44.2 Å². The summed E-state index contributed by atoms with van der Waals surface area (Å²) in [6, 6.07) is 1.37. The molecule has 1 saturated carbocycles. The third kappa shape index (κ3) is 3.96. The fraction of sp³-hybridized carbons (Fsp3) is 0.923. The van der Waals surface area contributed by atoms with Crippen LogP contribution in [0.2, 0.25) is 0 Å². The van der Waals surface area contributed by atoms with Crippen LogP contribution in [0.1, 0.15) is 32.1 Å². The Kier molecular flexibility index (Phi) is 4.40. The summed E-state index contributed by atoms with van der Waals surface area (Å²) in [7, 11) is 4.25. The van der Waals surface area contributed by atoms with E-state index in [9.17, 15) is 4.79 Å². The van der Waals surface area contributed by atoms with Crippen molar-refractivity contribution >= 4 is 5.91 Å². The molecule has 4 nitrogen and oxygen atoms in total. The summed E-state index contributed by atoms with van der Waals surface area (Å²) in [6.07, 6.45) is 5.50. The Bertz CT molecular complexity index is 255. The highest BCUT2D eigenvalue weighted by atomic mass is 16.2. The topological polar surface area (TPSA) is 35.6 Å².